The van der Waals surface area contributed by atoms with Gasteiger partial charge >= 0.3 is 0 Å². The zero-order valence-electron chi connectivity index (χ0n) is 10.1. The van der Waals surface area contributed by atoms with Gasteiger partial charge in [-0.3, -0.25) is 4.98 Å². The standard InChI is InChI=1S/C11H18N2O2S/c1-9-5-10(7-12-6-9)13-8-11(2,3)16(4,14)15/h5-7,13H,8H2,1-4H3. The highest BCUT2D eigenvalue weighted by molar-refractivity contribution is 7.92. The predicted octanol–water partition coefficient (Wildman–Crippen LogP) is 1.63. The van der Waals surface area contributed by atoms with Crippen molar-refractivity contribution < 1.29 is 8.42 Å². The first-order valence-electron chi connectivity index (χ1n) is 5.07. The molecule has 0 aliphatic rings. The Morgan fingerprint density at radius 2 is 2.00 bits per heavy atom. The van der Waals surface area contributed by atoms with E-state index in [0.717, 1.165) is 11.3 Å². The number of aryl methyl sites for hydroxylation is 1. The minimum atomic E-state index is -3.07. The lowest BCUT2D eigenvalue weighted by Gasteiger charge is -2.23. The first-order valence-corrected chi connectivity index (χ1v) is 6.97. The Morgan fingerprint density at radius 3 is 2.50 bits per heavy atom. The summed E-state index contributed by atoms with van der Waals surface area (Å²) in [6.45, 7) is 5.73. The van der Waals surface area contributed by atoms with Crippen molar-refractivity contribution in [1.29, 1.82) is 0 Å². The number of rotatable bonds is 4. The van der Waals surface area contributed by atoms with E-state index in [-0.39, 0.29) is 0 Å². The van der Waals surface area contributed by atoms with E-state index in [1.165, 1.54) is 6.26 Å². The minimum absolute atomic E-state index is 0.372. The topological polar surface area (TPSA) is 59.1 Å². The van der Waals surface area contributed by atoms with E-state index in [9.17, 15) is 8.42 Å². The number of nitrogens with one attached hydrogen (secondary N) is 1. The molecule has 0 bridgehead atoms. The van der Waals surface area contributed by atoms with E-state index in [0.29, 0.717) is 6.54 Å². The number of sulfone groups is 1. The van der Waals surface area contributed by atoms with Gasteiger partial charge in [0.05, 0.1) is 10.4 Å². The molecule has 4 nitrogen and oxygen atoms in total. The molecule has 0 atom stereocenters. The van der Waals surface area contributed by atoms with Gasteiger partial charge in [0, 0.05) is 25.2 Å². The van der Waals surface area contributed by atoms with Crippen LogP contribution in [0.5, 0.6) is 0 Å². The van der Waals surface area contributed by atoms with Gasteiger partial charge in [-0.2, -0.15) is 0 Å². The molecule has 0 spiro atoms. The molecule has 0 amide bonds. The van der Waals surface area contributed by atoms with Crippen molar-refractivity contribution in [3.63, 3.8) is 0 Å². The molecule has 0 saturated heterocycles. The van der Waals surface area contributed by atoms with Crippen LogP contribution in [-0.4, -0.2) is 30.9 Å². The van der Waals surface area contributed by atoms with Crippen LogP contribution in [0.1, 0.15) is 19.4 Å². The Bertz CT molecular complexity index is 467. The molecule has 5 heteroatoms. The van der Waals surface area contributed by atoms with Crippen molar-refractivity contribution in [1.82, 2.24) is 4.98 Å². The lowest BCUT2D eigenvalue weighted by Crippen LogP contribution is -2.38. The normalized spacial score (nSPS) is 12.5. The Morgan fingerprint density at radius 1 is 1.38 bits per heavy atom. The van der Waals surface area contributed by atoms with Crippen molar-refractivity contribution in [2.75, 3.05) is 18.1 Å². The minimum Gasteiger partial charge on any atom is -0.382 e. The van der Waals surface area contributed by atoms with Gasteiger partial charge in [-0.1, -0.05) is 0 Å². The fourth-order valence-corrected chi connectivity index (χ4v) is 1.43. The summed E-state index contributed by atoms with van der Waals surface area (Å²) in [7, 11) is -3.07. The van der Waals surface area contributed by atoms with E-state index in [2.05, 4.69) is 10.3 Å². The van der Waals surface area contributed by atoms with Crippen LogP contribution in [-0.2, 0) is 9.84 Å². The van der Waals surface area contributed by atoms with E-state index in [1.54, 1.807) is 26.2 Å². The molecule has 0 aliphatic heterocycles. The molecule has 1 aromatic rings. The third-order valence-electron chi connectivity index (χ3n) is 2.60. The molecule has 0 saturated carbocycles. The van der Waals surface area contributed by atoms with Crippen LogP contribution in [0, 0.1) is 6.92 Å². The summed E-state index contributed by atoms with van der Waals surface area (Å²) < 4.78 is 22.2. The molecule has 1 aromatic heterocycles. The quantitative estimate of drug-likeness (QED) is 0.871. The number of hydrogen-bond donors (Lipinski definition) is 1. The van der Waals surface area contributed by atoms with E-state index < -0.39 is 14.6 Å². The third kappa shape index (κ3) is 3.20. The zero-order chi connectivity index (χ0) is 12.4. The second-order valence-corrected chi connectivity index (χ2v) is 7.29. The second-order valence-electron chi connectivity index (χ2n) is 4.64. The molecule has 1 heterocycles. The van der Waals surface area contributed by atoms with Gasteiger partial charge in [0.1, 0.15) is 0 Å². The Hall–Kier alpha value is -1.10. The largest absolute Gasteiger partial charge is 0.382 e. The highest BCUT2D eigenvalue weighted by atomic mass is 32.2. The van der Waals surface area contributed by atoms with Crippen LogP contribution in [0.2, 0.25) is 0 Å². The fraction of sp³-hybridized carbons (Fsp3) is 0.545. The van der Waals surface area contributed by atoms with E-state index in [4.69, 9.17) is 0 Å². The first-order chi connectivity index (χ1) is 7.22. The lowest BCUT2D eigenvalue weighted by molar-refractivity contribution is 0.560. The molecule has 1 N–H and O–H groups in total. The van der Waals surface area contributed by atoms with Crippen LogP contribution in [0.4, 0.5) is 5.69 Å². The van der Waals surface area contributed by atoms with Crippen LogP contribution in [0.3, 0.4) is 0 Å². The maximum atomic E-state index is 11.5. The summed E-state index contributed by atoms with van der Waals surface area (Å²) in [5.74, 6) is 0. The van der Waals surface area contributed by atoms with Crippen molar-refractivity contribution in [3.05, 3.63) is 24.0 Å². The molecule has 0 aliphatic carbocycles. The van der Waals surface area contributed by atoms with Gasteiger partial charge in [-0.05, 0) is 32.4 Å². The monoisotopic (exact) mass is 242 g/mol. The summed E-state index contributed by atoms with van der Waals surface area (Å²) in [5.41, 5.74) is 1.89. The lowest BCUT2D eigenvalue weighted by atomic mass is 10.2. The second kappa shape index (κ2) is 4.41. The molecule has 16 heavy (non-hydrogen) atoms. The Labute approximate surface area is 97.0 Å². The molecular weight excluding hydrogens is 224 g/mol. The molecule has 0 aromatic carbocycles. The summed E-state index contributed by atoms with van der Waals surface area (Å²) in [4.78, 5) is 4.04. The number of hydrogen-bond acceptors (Lipinski definition) is 4. The van der Waals surface area contributed by atoms with Gasteiger partial charge < -0.3 is 5.32 Å². The fourth-order valence-electron chi connectivity index (χ4n) is 1.10. The third-order valence-corrected chi connectivity index (χ3v) is 4.75. The summed E-state index contributed by atoms with van der Waals surface area (Å²) in [5, 5.41) is 3.09. The highest BCUT2D eigenvalue weighted by Crippen LogP contribution is 2.16. The summed E-state index contributed by atoms with van der Waals surface area (Å²) in [6, 6.07) is 1.94. The highest BCUT2D eigenvalue weighted by Gasteiger charge is 2.29. The predicted molar refractivity (Wildman–Crippen MR) is 66.4 cm³/mol. The summed E-state index contributed by atoms with van der Waals surface area (Å²) in [6.07, 6.45) is 4.70. The maximum Gasteiger partial charge on any atom is 0.154 e. The molecule has 90 valence electrons. The molecule has 0 fully saturated rings. The number of aromatic nitrogens is 1. The Kier molecular flexibility index (Phi) is 3.57. The van der Waals surface area contributed by atoms with E-state index >= 15 is 0 Å². The van der Waals surface area contributed by atoms with Crippen molar-refractivity contribution in [3.8, 4) is 0 Å². The average Bonchev–Trinajstić information content (AvgIpc) is 2.13. The molecule has 0 unspecified atom stereocenters. The van der Waals surface area contributed by atoms with Crippen LogP contribution in [0.25, 0.3) is 0 Å². The van der Waals surface area contributed by atoms with Crippen LogP contribution < -0.4 is 5.32 Å². The van der Waals surface area contributed by atoms with Crippen molar-refractivity contribution in [2.24, 2.45) is 0 Å². The van der Waals surface area contributed by atoms with Gasteiger partial charge in [0.25, 0.3) is 0 Å². The van der Waals surface area contributed by atoms with E-state index in [1.807, 2.05) is 13.0 Å². The van der Waals surface area contributed by atoms with Gasteiger partial charge in [0.2, 0.25) is 0 Å². The van der Waals surface area contributed by atoms with Crippen molar-refractivity contribution >= 4 is 15.5 Å². The van der Waals surface area contributed by atoms with Gasteiger partial charge in [-0.15, -0.1) is 0 Å². The Balaban J connectivity index is 2.72. The van der Waals surface area contributed by atoms with Crippen LogP contribution >= 0.6 is 0 Å². The first kappa shape index (κ1) is 13.0. The maximum absolute atomic E-state index is 11.5. The zero-order valence-corrected chi connectivity index (χ0v) is 10.9. The van der Waals surface area contributed by atoms with Gasteiger partial charge in [-0.25, -0.2) is 8.42 Å². The number of pyridine rings is 1. The molecular formula is C11H18N2O2S. The smallest absolute Gasteiger partial charge is 0.154 e. The number of anilines is 1. The molecule has 1 rings (SSSR count). The van der Waals surface area contributed by atoms with Crippen LogP contribution in [0.15, 0.2) is 18.5 Å². The van der Waals surface area contributed by atoms with Crippen molar-refractivity contribution in [2.45, 2.75) is 25.5 Å². The number of nitrogens with zero attached hydrogens (tertiary/aromatic N) is 1. The molecule has 0 radical (unpaired) electrons. The van der Waals surface area contributed by atoms with Gasteiger partial charge in [0.15, 0.2) is 9.84 Å². The summed E-state index contributed by atoms with van der Waals surface area (Å²) >= 11 is 0. The average molecular weight is 242 g/mol. The SMILES string of the molecule is Cc1cncc(NCC(C)(C)S(C)(=O)=O)c1.